The molecule has 0 saturated carbocycles. The maximum absolute atomic E-state index is 13.0. The highest BCUT2D eigenvalue weighted by atomic mass is 32.2. The van der Waals surface area contributed by atoms with Gasteiger partial charge in [-0.3, -0.25) is 4.79 Å². The molecule has 0 aliphatic carbocycles. The molecule has 0 saturated heterocycles. The summed E-state index contributed by atoms with van der Waals surface area (Å²) in [6.07, 6.45) is -3.76. The highest BCUT2D eigenvalue weighted by molar-refractivity contribution is 7.89. The quantitative estimate of drug-likeness (QED) is 0.846. The molecule has 0 fully saturated rings. The van der Waals surface area contributed by atoms with Crippen LogP contribution in [-0.2, 0) is 10.0 Å². The number of primary sulfonamides is 1. The van der Waals surface area contributed by atoms with Gasteiger partial charge in [0.25, 0.3) is 5.91 Å². The van der Waals surface area contributed by atoms with Crippen molar-refractivity contribution in [2.75, 3.05) is 5.32 Å². The van der Waals surface area contributed by atoms with E-state index in [2.05, 4.69) is 14.8 Å². The largest absolute Gasteiger partial charge is 0.586 e. The van der Waals surface area contributed by atoms with Gasteiger partial charge < -0.3 is 14.8 Å². The van der Waals surface area contributed by atoms with Crippen LogP contribution in [0.5, 0.6) is 11.5 Å². The first-order chi connectivity index (χ1) is 12.0. The van der Waals surface area contributed by atoms with Crippen molar-refractivity contribution in [2.45, 2.75) is 25.0 Å². The number of benzene rings is 2. The number of sulfonamides is 1. The van der Waals surface area contributed by atoms with Crippen LogP contribution >= 0.6 is 0 Å². The highest BCUT2D eigenvalue weighted by Crippen LogP contribution is 2.42. The number of halogens is 2. The summed E-state index contributed by atoms with van der Waals surface area (Å²) in [5.74, 6) is -1.01. The van der Waals surface area contributed by atoms with Crippen LogP contribution in [0.1, 0.15) is 21.5 Å². The molecule has 0 aromatic heterocycles. The lowest BCUT2D eigenvalue weighted by molar-refractivity contribution is -0.286. The lowest BCUT2D eigenvalue weighted by Gasteiger charge is -2.12. The summed E-state index contributed by atoms with van der Waals surface area (Å²) in [7, 11) is -4.00. The molecule has 0 radical (unpaired) electrons. The molecule has 3 rings (SSSR count). The number of anilines is 1. The summed E-state index contributed by atoms with van der Waals surface area (Å²) in [5, 5.41) is 7.65. The zero-order chi connectivity index (χ0) is 19.3. The molecular formula is C16H14F2N2O5S. The molecule has 1 heterocycles. The third kappa shape index (κ3) is 3.46. The standard InChI is InChI=1S/C16H14F2N2O5S/c1-8-5-9(2)14(26(19,22)23)7-11(8)15(21)20-10-3-4-12-13(6-10)25-16(17,18)24-12/h3-7H,1-2H3,(H,20,21)(H2,19,22,23). The number of hydrogen-bond acceptors (Lipinski definition) is 5. The summed E-state index contributed by atoms with van der Waals surface area (Å²) in [5.41, 5.74) is 1.20. The summed E-state index contributed by atoms with van der Waals surface area (Å²) < 4.78 is 57.9. The lowest BCUT2D eigenvalue weighted by Crippen LogP contribution is -2.25. The summed E-state index contributed by atoms with van der Waals surface area (Å²) in [4.78, 5) is 12.3. The predicted molar refractivity (Wildman–Crippen MR) is 87.9 cm³/mol. The first-order valence-corrected chi connectivity index (χ1v) is 8.86. The third-order valence-electron chi connectivity index (χ3n) is 3.73. The van der Waals surface area contributed by atoms with Gasteiger partial charge in [-0.1, -0.05) is 6.07 Å². The number of carbonyl (C=O) groups excluding carboxylic acids is 1. The van der Waals surface area contributed by atoms with E-state index in [9.17, 15) is 22.0 Å². The van der Waals surface area contributed by atoms with Gasteiger partial charge in [0, 0.05) is 17.3 Å². The molecule has 2 aromatic rings. The topological polar surface area (TPSA) is 108 Å². The molecule has 2 aromatic carbocycles. The molecule has 1 aliphatic rings. The number of alkyl halides is 2. The van der Waals surface area contributed by atoms with Crippen molar-refractivity contribution in [3.63, 3.8) is 0 Å². The molecule has 0 unspecified atom stereocenters. The summed E-state index contributed by atoms with van der Waals surface area (Å²) >= 11 is 0. The van der Waals surface area contributed by atoms with Crippen LogP contribution in [0.3, 0.4) is 0 Å². The zero-order valence-corrected chi connectivity index (χ0v) is 14.5. The highest BCUT2D eigenvalue weighted by Gasteiger charge is 2.43. The Morgan fingerprint density at radius 2 is 1.73 bits per heavy atom. The van der Waals surface area contributed by atoms with Crippen LogP contribution < -0.4 is 19.9 Å². The molecule has 0 atom stereocenters. The molecule has 1 aliphatic heterocycles. The van der Waals surface area contributed by atoms with Crippen LogP contribution in [0.2, 0.25) is 0 Å². The summed E-state index contributed by atoms with van der Waals surface area (Å²) in [6, 6.07) is 6.46. The average Bonchev–Trinajstić information content (AvgIpc) is 2.78. The van der Waals surface area contributed by atoms with Gasteiger partial charge in [0.1, 0.15) is 0 Å². The Labute approximate surface area is 147 Å². The van der Waals surface area contributed by atoms with Crippen molar-refractivity contribution >= 4 is 21.6 Å². The number of hydrogen-bond donors (Lipinski definition) is 2. The number of nitrogens with one attached hydrogen (secondary N) is 1. The van der Waals surface area contributed by atoms with E-state index >= 15 is 0 Å². The predicted octanol–water partition coefficient (Wildman–Crippen LogP) is 2.52. The molecule has 3 N–H and O–H groups in total. The number of fused-ring (bicyclic) bond motifs is 1. The van der Waals surface area contributed by atoms with Crippen molar-refractivity contribution in [1.29, 1.82) is 0 Å². The van der Waals surface area contributed by atoms with Crippen LogP contribution in [0.4, 0.5) is 14.5 Å². The van der Waals surface area contributed by atoms with Gasteiger partial charge in [-0.25, -0.2) is 13.6 Å². The molecule has 1 amide bonds. The van der Waals surface area contributed by atoms with Crippen LogP contribution in [0, 0.1) is 13.8 Å². The minimum atomic E-state index is -4.00. The van der Waals surface area contributed by atoms with Gasteiger partial charge in [-0.2, -0.15) is 0 Å². The normalized spacial score (nSPS) is 15.0. The van der Waals surface area contributed by atoms with Crippen LogP contribution in [-0.4, -0.2) is 20.6 Å². The van der Waals surface area contributed by atoms with Gasteiger partial charge in [-0.05, 0) is 43.2 Å². The minimum Gasteiger partial charge on any atom is -0.395 e. The average molecular weight is 384 g/mol. The molecule has 26 heavy (non-hydrogen) atoms. The fourth-order valence-corrected chi connectivity index (χ4v) is 3.40. The maximum Gasteiger partial charge on any atom is 0.586 e. The van der Waals surface area contributed by atoms with Gasteiger partial charge in [0.2, 0.25) is 10.0 Å². The first kappa shape index (κ1) is 18.1. The van der Waals surface area contributed by atoms with E-state index in [4.69, 9.17) is 5.14 Å². The number of ether oxygens (including phenoxy) is 2. The van der Waals surface area contributed by atoms with Crippen molar-refractivity contribution < 1.29 is 31.5 Å². The van der Waals surface area contributed by atoms with E-state index in [-0.39, 0.29) is 27.6 Å². The second-order valence-corrected chi connectivity index (χ2v) is 7.29. The van der Waals surface area contributed by atoms with Gasteiger partial charge in [-0.15, -0.1) is 8.78 Å². The molecule has 138 valence electrons. The fourth-order valence-electron chi connectivity index (χ4n) is 2.61. The molecule has 7 nitrogen and oxygen atoms in total. The Balaban J connectivity index is 1.90. The number of rotatable bonds is 3. The number of nitrogens with two attached hydrogens (primary N) is 1. The van der Waals surface area contributed by atoms with E-state index in [1.165, 1.54) is 30.3 Å². The van der Waals surface area contributed by atoms with Gasteiger partial charge in [0.15, 0.2) is 11.5 Å². The second-order valence-electron chi connectivity index (χ2n) is 5.76. The molecule has 0 spiro atoms. The van der Waals surface area contributed by atoms with Crippen LogP contribution in [0.25, 0.3) is 0 Å². The Morgan fingerprint density at radius 3 is 2.38 bits per heavy atom. The molecule has 0 bridgehead atoms. The molecular weight excluding hydrogens is 370 g/mol. The van der Waals surface area contributed by atoms with E-state index in [0.29, 0.717) is 11.1 Å². The smallest absolute Gasteiger partial charge is 0.395 e. The van der Waals surface area contributed by atoms with Crippen molar-refractivity contribution in [3.05, 3.63) is 47.0 Å². The first-order valence-electron chi connectivity index (χ1n) is 7.31. The Bertz CT molecular complexity index is 1020. The maximum atomic E-state index is 13.0. The van der Waals surface area contributed by atoms with Crippen molar-refractivity contribution in [1.82, 2.24) is 0 Å². The van der Waals surface area contributed by atoms with E-state index in [1.54, 1.807) is 13.8 Å². The second kappa shape index (κ2) is 5.92. The van der Waals surface area contributed by atoms with E-state index < -0.39 is 22.2 Å². The van der Waals surface area contributed by atoms with Gasteiger partial charge >= 0.3 is 6.29 Å². The van der Waals surface area contributed by atoms with Gasteiger partial charge in [0.05, 0.1) is 4.90 Å². The monoisotopic (exact) mass is 384 g/mol. The van der Waals surface area contributed by atoms with Crippen LogP contribution in [0.15, 0.2) is 35.2 Å². The lowest BCUT2D eigenvalue weighted by atomic mass is 10.0. The Morgan fingerprint density at radius 1 is 1.08 bits per heavy atom. The van der Waals surface area contributed by atoms with E-state index in [1.807, 2.05) is 0 Å². The molecule has 10 heteroatoms. The minimum absolute atomic E-state index is 0.0858. The van der Waals surface area contributed by atoms with Crippen molar-refractivity contribution in [3.8, 4) is 11.5 Å². The zero-order valence-electron chi connectivity index (χ0n) is 13.7. The Hall–Kier alpha value is -2.72. The Kier molecular flexibility index (Phi) is 4.12. The summed E-state index contributed by atoms with van der Waals surface area (Å²) in [6.45, 7) is 3.20. The number of aryl methyl sites for hydroxylation is 2. The van der Waals surface area contributed by atoms with Crippen molar-refractivity contribution in [2.24, 2.45) is 5.14 Å². The SMILES string of the molecule is Cc1cc(C)c(S(N)(=O)=O)cc1C(=O)Nc1ccc2c(c1)OC(F)(F)O2. The number of carbonyl (C=O) groups is 1. The third-order valence-corrected chi connectivity index (χ3v) is 4.79. The van der Waals surface area contributed by atoms with E-state index in [0.717, 1.165) is 0 Å². The fraction of sp³-hybridized carbons (Fsp3) is 0.188. The number of amides is 1.